The normalized spacial score (nSPS) is 27.5. The molecule has 1 aliphatic carbocycles. The fraction of sp³-hybridized carbons (Fsp3) is 0.800. The van der Waals surface area contributed by atoms with Gasteiger partial charge in [-0.1, -0.05) is 41.9 Å². The molecular formula is C10H17Br. The number of alkyl halides is 1. The fourth-order valence-corrected chi connectivity index (χ4v) is 2.04. The molecule has 0 saturated carbocycles. The summed E-state index contributed by atoms with van der Waals surface area (Å²) in [4.78, 5) is 0.680. The zero-order valence-electron chi connectivity index (χ0n) is 7.39. The molecule has 0 heterocycles. The number of hydrogen-bond donors (Lipinski definition) is 0. The Bertz CT molecular complexity index is 138. The summed E-state index contributed by atoms with van der Waals surface area (Å²) in [5.41, 5.74) is 0. The topological polar surface area (TPSA) is 0 Å². The van der Waals surface area contributed by atoms with E-state index in [1.54, 1.807) is 0 Å². The Hall–Kier alpha value is 0.220. The van der Waals surface area contributed by atoms with Crippen LogP contribution in [0.15, 0.2) is 12.2 Å². The van der Waals surface area contributed by atoms with Crippen LogP contribution in [0.2, 0.25) is 0 Å². The molecule has 64 valence electrons. The number of halogens is 1. The summed E-state index contributed by atoms with van der Waals surface area (Å²) in [5.74, 6) is 1.53. The first kappa shape index (κ1) is 9.31. The highest BCUT2D eigenvalue weighted by atomic mass is 79.9. The number of rotatable bonds is 2. The third-order valence-corrected chi connectivity index (χ3v) is 4.07. The maximum atomic E-state index is 3.75. The Balaban J connectivity index is 2.45. The Morgan fingerprint density at radius 1 is 1.45 bits per heavy atom. The van der Waals surface area contributed by atoms with Gasteiger partial charge in [0.2, 0.25) is 0 Å². The van der Waals surface area contributed by atoms with Crippen molar-refractivity contribution in [3.63, 3.8) is 0 Å². The van der Waals surface area contributed by atoms with Crippen LogP contribution >= 0.6 is 15.9 Å². The van der Waals surface area contributed by atoms with E-state index >= 15 is 0 Å². The molecular weight excluding hydrogens is 200 g/mol. The predicted molar refractivity (Wildman–Crippen MR) is 54.0 cm³/mol. The molecule has 1 rings (SSSR count). The quantitative estimate of drug-likeness (QED) is 0.488. The summed E-state index contributed by atoms with van der Waals surface area (Å²) in [6.45, 7) is 4.56. The van der Waals surface area contributed by atoms with Crippen LogP contribution < -0.4 is 0 Å². The van der Waals surface area contributed by atoms with E-state index in [4.69, 9.17) is 0 Å². The molecule has 1 aliphatic rings. The Morgan fingerprint density at radius 3 is 2.64 bits per heavy atom. The van der Waals surface area contributed by atoms with Gasteiger partial charge < -0.3 is 0 Å². The minimum Gasteiger partial charge on any atom is -0.0882 e. The van der Waals surface area contributed by atoms with Crippen molar-refractivity contribution < 1.29 is 0 Å². The van der Waals surface area contributed by atoms with E-state index in [0.29, 0.717) is 4.83 Å². The lowest BCUT2D eigenvalue weighted by molar-refractivity contribution is 0.452. The van der Waals surface area contributed by atoms with Crippen LogP contribution in [0.1, 0.15) is 33.1 Å². The second kappa shape index (κ2) is 4.30. The SMILES string of the molecule is CC(C)[C@@H](Br)[C@H]1C=CCCC1. The second-order valence-electron chi connectivity index (χ2n) is 3.71. The first-order valence-corrected chi connectivity index (χ1v) is 5.44. The van der Waals surface area contributed by atoms with Crippen LogP contribution in [0.5, 0.6) is 0 Å². The minimum atomic E-state index is 0.680. The summed E-state index contributed by atoms with van der Waals surface area (Å²) in [5, 5.41) is 0. The van der Waals surface area contributed by atoms with Crippen LogP contribution in [0.3, 0.4) is 0 Å². The van der Waals surface area contributed by atoms with Crippen LogP contribution in [-0.2, 0) is 0 Å². The summed E-state index contributed by atoms with van der Waals surface area (Å²) in [7, 11) is 0. The van der Waals surface area contributed by atoms with Crippen molar-refractivity contribution >= 4 is 15.9 Å². The van der Waals surface area contributed by atoms with Gasteiger partial charge in [0.05, 0.1) is 0 Å². The minimum absolute atomic E-state index is 0.680. The average molecular weight is 217 g/mol. The van der Waals surface area contributed by atoms with Crippen molar-refractivity contribution in [2.75, 3.05) is 0 Å². The predicted octanol–water partition coefficient (Wildman–Crippen LogP) is 3.76. The van der Waals surface area contributed by atoms with Gasteiger partial charge in [-0.2, -0.15) is 0 Å². The summed E-state index contributed by atoms with van der Waals surface area (Å²) >= 11 is 3.75. The lowest BCUT2D eigenvalue weighted by Crippen LogP contribution is -2.19. The van der Waals surface area contributed by atoms with Gasteiger partial charge in [-0.3, -0.25) is 0 Å². The molecule has 0 radical (unpaired) electrons. The molecule has 0 N–H and O–H groups in total. The van der Waals surface area contributed by atoms with E-state index in [0.717, 1.165) is 11.8 Å². The van der Waals surface area contributed by atoms with Crippen LogP contribution in [-0.4, -0.2) is 4.83 Å². The second-order valence-corrected chi connectivity index (χ2v) is 4.77. The highest BCUT2D eigenvalue weighted by molar-refractivity contribution is 9.09. The van der Waals surface area contributed by atoms with Gasteiger partial charge in [0, 0.05) is 4.83 Å². The highest BCUT2D eigenvalue weighted by Gasteiger charge is 2.20. The van der Waals surface area contributed by atoms with Crippen LogP contribution in [0.25, 0.3) is 0 Å². The average Bonchev–Trinajstić information content (AvgIpc) is 2.05. The van der Waals surface area contributed by atoms with Crippen LogP contribution in [0.4, 0.5) is 0 Å². The molecule has 0 saturated heterocycles. The first-order chi connectivity index (χ1) is 5.22. The zero-order chi connectivity index (χ0) is 8.27. The van der Waals surface area contributed by atoms with Crippen molar-refractivity contribution in [2.24, 2.45) is 11.8 Å². The summed E-state index contributed by atoms with van der Waals surface area (Å²) in [6, 6.07) is 0. The number of hydrogen-bond acceptors (Lipinski definition) is 0. The van der Waals surface area contributed by atoms with E-state index in [-0.39, 0.29) is 0 Å². The van der Waals surface area contributed by atoms with Gasteiger partial charge in [0.15, 0.2) is 0 Å². The van der Waals surface area contributed by atoms with Crippen molar-refractivity contribution in [1.82, 2.24) is 0 Å². The molecule has 0 unspecified atom stereocenters. The molecule has 0 fully saturated rings. The lowest BCUT2D eigenvalue weighted by atomic mass is 9.88. The number of allylic oxidation sites excluding steroid dienone is 2. The summed E-state index contributed by atoms with van der Waals surface area (Å²) in [6.07, 6.45) is 8.72. The molecule has 0 nitrogen and oxygen atoms in total. The first-order valence-electron chi connectivity index (χ1n) is 4.52. The molecule has 0 bridgehead atoms. The molecule has 1 heteroatoms. The lowest BCUT2D eigenvalue weighted by Gasteiger charge is -2.24. The Morgan fingerprint density at radius 2 is 2.18 bits per heavy atom. The largest absolute Gasteiger partial charge is 0.0882 e. The van der Waals surface area contributed by atoms with E-state index in [2.05, 4.69) is 41.9 Å². The van der Waals surface area contributed by atoms with E-state index < -0.39 is 0 Å². The van der Waals surface area contributed by atoms with E-state index in [9.17, 15) is 0 Å². The molecule has 0 aromatic heterocycles. The van der Waals surface area contributed by atoms with Gasteiger partial charge in [0.1, 0.15) is 0 Å². The molecule has 2 atom stereocenters. The third kappa shape index (κ3) is 2.62. The van der Waals surface area contributed by atoms with Gasteiger partial charge >= 0.3 is 0 Å². The fourth-order valence-electron chi connectivity index (χ4n) is 1.60. The van der Waals surface area contributed by atoms with Gasteiger partial charge in [-0.05, 0) is 31.1 Å². The van der Waals surface area contributed by atoms with Crippen molar-refractivity contribution in [1.29, 1.82) is 0 Å². The molecule has 0 aliphatic heterocycles. The van der Waals surface area contributed by atoms with Crippen molar-refractivity contribution in [3.8, 4) is 0 Å². The smallest absolute Gasteiger partial charge is 0.0231 e. The monoisotopic (exact) mass is 216 g/mol. The third-order valence-electron chi connectivity index (χ3n) is 2.34. The molecule has 11 heavy (non-hydrogen) atoms. The molecule has 0 spiro atoms. The molecule has 0 aromatic rings. The zero-order valence-corrected chi connectivity index (χ0v) is 8.97. The van der Waals surface area contributed by atoms with Crippen molar-refractivity contribution in [2.45, 2.75) is 37.9 Å². The molecule has 0 aromatic carbocycles. The Kier molecular flexibility index (Phi) is 3.64. The van der Waals surface area contributed by atoms with Gasteiger partial charge in [-0.15, -0.1) is 0 Å². The maximum Gasteiger partial charge on any atom is 0.0231 e. The van der Waals surface area contributed by atoms with Crippen molar-refractivity contribution in [3.05, 3.63) is 12.2 Å². The Labute approximate surface area is 78.2 Å². The highest BCUT2D eigenvalue weighted by Crippen LogP contribution is 2.29. The summed E-state index contributed by atoms with van der Waals surface area (Å²) < 4.78 is 0. The standard InChI is InChI=1S/C10H17Br/c1-8(2)10(11)9-6-4-3-5-7-9/h4,6,8-10H,3,5,7H2,1-2H3/t9-,10+/m0/s1. The van der Waals surface area contributed by atoms with Gasteiger partial charge in [0.25, 0.3) is 0 Å². The maximum absolute atomic E-state index is 3.75. The van der Waals surface area contributed by atoms with E-state index in [1.807, 2.05) is 0 Å². The van der Waals surface area contributed by atoms with E-state index in [1.165, 1.54) is 19.3 Å². The van der Waals surface area contributed by atoms with Gasteiger partial charge in [-0.25, -0.2) is 0 Å². The van der Waals surface area contributed by atoms with Crippen LogP contribution in [0, 0.1) is 11.8 Å². The molecule has 0 amide bonds.